The van der Waals surface area contributed by atoms with Gasteiger partial charge in [0, 0.05) is 6.04 Å². The van der Waals surface area contributed by atoms with Crippen LogP contribution in [0.25, 0.3) is 11.1 Å². The minimum absolute atomic E-state index is 0.294. The Morgan fingerprint density at radius 2 is 1.53 bits per heavy atom. The molecule has 0 saturated heterocycles. The van der Waals surface area contributed by atoms with E-state index in [2.05, 4.69) is 55.5 Å². The van der Waals surface area contributed by atoms with Gasteiger partial charge >= 0.3 is 0 Å². The van der Waals surface area contributed by atoms with E-state index in [0.717, 1.165) is 12.8 Å². The van der Waals surface area contributed by atoms with Gasteiger partial charge in [-0.25, -0.2) is 0 Å². The van der Waals surface area contributed by atoms with Crippen LogP contribution in [0.4, 0.5) is 0 Å². The number of benzene rings is 2. The van der Waals surface area contributed by atoms with Gasteiger partial charge in [-0.2, -0.15) is 0 Å². The molecule has 0 amide bonds. The summed E-state index contributed by atoms with van der Waals surface area (Å²) in [7, 11) is 0. The molecule has 2 aromatic rings. The van der Waals surface area contributed by atoms with Crippen molar-refractivity contribution in [2.45, 2.75) is 38.6 Å². The zero-order valence-electron chi connectivity index (χ0n) is 11.7. The summed E-state index contributed by atoms with van der Waals surface area (Å²) in [5, 5.41) is 0. The average Bonchev–Trinajstić information content (AvgIpc) is 2.47. The summed E-state index contributed by atoms with van der Waals surface area (Å²) >= 11 is 0. The minimum atomic E-state index is 0.294. The summed E-state index contributed by atoms with van der Waals surface area (Å²) in [5.41, 5.74) is 10.0. The van der Waals surface area contributed by atoms with Crippen LogP contribution in [0.15, 0.2) is 54.6 Å². The lowest BCUT2D eigenvalue weighted by Gasteiger charge is -2.11. The first-order chi connectivity index (χ1) is 9.29. The Labute approximate surface area is 116 Å². The van der Waals surface area contributed by atoms with Crippen molar-refractivity contribution in [2.24, 2.45) is 5.73 Å². The third kappa shape index (κ3) is 4.22. The number of hydrogen-bond acceptors (Lipinski definition) is 1. The molecule has 0 aliphatic rings. The maximum absolute atomic E-state index is 6.14. The van der Waals surface area contributed by atoms with E-state index in [1.807, 2.05) is 6.07 Å². The number of nitrogens with two attached hydrogens (primary N) is 1. The molecule has 0 saturated carbocycles. The first kappa shape index (κ1) is 13.8. The molecule has 0 spiro atoms. The van der Waals surface area contributed by atoms with Gasteiger partial charge in [0.2, 0.25) is 0 Å². The second kappa shape index (κ2) is 7.10. The van der Waals surface area contributed by atoms with Crippen LogP contribution in [0.3, 0.4) is 0 Å². The zero-order chi connectivity index (χ0) is 13.5. The fraction of sp³-hybridized carbons (Fsp3) is 0.333. The van der Waals surface area contributed by atoms with Crippen molar-refractivity contribution in [3.63, 3.8) is 0 Å². The summed E-state index contributed by atoms with van der Waals surface area (Å²) in [4.78, 5) is 0. The second-order valence-electron chi connectivity index (χ2n) is 5.17. The molecule has 0 aliphatic carbocycles. The van der Waals surface area contributed by atoms with Crippen LogP contribution in [0, 0.1) is 0 Å². The van der Waals surface area contributed by atoms with Crippen molar-refractivity contribution >= 4 is 0 Å². The van der Waals surface area contributed by atoms with Gasteiger partial charge in [-0.3, -0.25) is 0 Å². The van der Waals surface area contributed by atoms with Gasteiger partial charge in [-0.05, 0) is 29.5 Å². The van der Waals surface area contributed by atoms with Gasteiger partial charge in [0.15, 0.2) is 0 Å². The van der Waals surface area contributed by atoms with Crippen LogP contribution in [-0.2, 0) is 6.42 Å². The van der Waals surface area contributed by atoms with Crippen molar-refractivity contribution in [3.8, 4) is 11.1 Å². The van der Waals surface area contributed by atoms with Gasteiger partial charge in [0.1, 0.15) is 0 Å². The summed E-state index contributed by atoms with van der Waals surface area (Å²) in [6, 6.07) is 19.6. The molecule has 2 rings (SSSR count). The summed E-state index contributed by atoms with van der Waals surface area (Å²) in [5.74, 6) is 0. The smallest absolute Gasteiger partial charge is 0.00793 e. The van der Waals surface area contributed by atoms with Crippen LogP contribution in [0.1, 0.15) is 31.7 Å². The zero-order valence-corrected chi connectivity index (χ0v) is 11.7. The van der Waals surface area contributed by atoms with E-state index < -0.39 is 0 Å². The Bertz CT molecular complexity index is 473. The van der Waals surface area contributed by atoms with E-state index in [9.17, 15) is 0 Å². The highest BCUT2D eigenvalue weighted by Crippen LogP contribution is 2.19. The normalized spacial score (nSPS) is 12.3. The molecule has 0 aromatic heterocycles. The fourth-order valence-electron chi connectivity index (χ4n) is 2.34. The highest BCUT2D eigenvalue weighted by Gasteiger charge is 2.04. The third-order valence-electron chi connectivity index (χ3n) is 3.49. The van der Waals surface area contributed by atoms with Crippen molar-refractivity contribution < 1.29 is 0 Å². The summed E-state index contributed by atoms with van der Waals surface area (Å²) in [6.07, 6.45) is 4.55. The molecule has 1 atom stereocenters. The SMILES string of the molecule is CCCCC(N)Cc1ccc(-c2ccccc2)cc1. The van der Waals surface area contributed by atoms with Crippen LogP contribution < -0.4 is 5.73 Å². The van der Waals surface area contributed by atoms with Gasteiger partial charge in [-0.15, -0.1) is 0 Å². The van der Waals surface area contributed by atoms with Crippen molar-refractivity contribution in [1.82, 2.24) is 0 Å². The third-order valence-corrected chi connectivity index (χ3v) is 3.49. The van der Waals surface area contributed by atoms with Crippen LogP contribution in [-0.4, -0.2) is 6.04 Å². The Balaban J connectivity index is 1.99. The molecule has 2 aromatic carbocycles. The first-order valence-corrected chi connectivity index (χ1v) is 7.19. The largest absolute Gasteiger partial charge is 0.327 e. The van der Waals surface area contributed by atoms with E-state index in [1.165, 1.54) is 29.5 Å². The second-order valence-corrected chi connectivity index (χ2v) is 5.17. The van der Waals surface area contributed by atoms with Gasteiger partial charge in [0.25, 0.3) is 0 Å². The monoisotopic (exact) mass is 253 g/mol. The lowest BCUT2D eigenvalue weighted by atomic mass is 9.99. The van der Waals surface area contributed by atoms with Gasteiger partial charge < -0.3 is 5.73 Å². The molecule has 100 valence electrons. The fourth-order valence-corrected chi connectivity index (χ4v) is 2.34. The van der Waals surface area contributed by atoms with E-state index in [-0.39, 0.29) is 0 Å². The molecule has 0 radical (unpaired) electrons. The molecule has 19 heavy (non-hydrogen) atoms. The van der Waals surface area contributed by atoms with Crippen LogP contribution >= 0.6 is 0 Å². The molecular formula is C18H23N. The van der Waals surface area contributed by atoms with Crippen molar-refractivity contribution in [3.05, 3.63) is 60.2 Å². The Morgan fingerprint density at radius 3 is 2.16 bits per heavy atom. The molecule has 1 heteroatoms. The van der Waals surface area contributed by atoms with E-state index in [1.54, 1.807) is 0 Å². The highest BCUT2D eigenvalue weighted by atomic mass is 14.6. The highest BCUT2D eigenvalue weighted by molar-refractivity contribution is 5.63. The minimum Gasteiger partial charge on any atom is -0.327 e. The molecule has 2 N–H and O–H groups in total. The molecule has 0 fully saturated rings. The average molecular weight is 253 g/mol. The van der Waals surface area contributed by atoms with Gasteiger partial charge in [0.05, 0.1) is 0 Å². The predicted octanol–water partition coefficient (Wildman–Crippen LogP) is 4.41. The topological polar surface area (TPSA) is 26.0 Å². The quantitative estimate of drug-likeness (QED) is 0.810. The Kier molecular flexibility index (Phi) is 5.17. The van der Waals surface area contributed by atoms with Crippen LogP contribution in [0.5, 0.6) is 0 Å². The first-order valence-electron chi connectivity index (χ1n) is 7.19. The number of hydrogen-bond donors (Lipinski definition) is 1. The van der Waals surface area contributed by atoms with Crippen LogP contribution in [0.2, 0.25) is 0 Å². The van der Waals surface area contributed by atoms with E-state index >= 15 is 0 Å². The lowest BCUT2D eigenvalue weighted by molar-refractivity contribution is 0.574. The Morgan fingerprint density at radius 1 is 0.895 bits per heavy atom. The lowest BCUT2D eigenvalue weighted by Crippen LogP contribution is -2.22. The molecular weight excluding hydrogens is 230 g/mol. The maximum atomic E-state index is 6.14. The summed E-state index contributed by atoms with van der Waals surface area (Å²) < 4.78 is 0. The van der Waals surface area contributed by atoms with Crippen molar-refractivity contribution in [2.75, 3.05) is 0 Å². The predicted molar refractivity (Wildman–Crippen MR) is 83.1 cm³/mol. The molecule has 1 unspecified atom stereocenters. The number of unbranched alkanes of at least 4 members (excludes halogenated alkanes) is 1. The van der Waals surface area contributed by atoms with Crippen molar-refractivity contribution in [1.29, 1.82) is 0 Å². The van der Waals surface area contributed by atoms with Gasteiger partial charge in [-0.1, -0.05) is 74.4 Å². The maximum Gasteiger partial charge on any atom is 0.00793 e. The number of rotatable bonds is 6. The van der Waals surface area contributed by atoms with E-state index in [0.29, 0.717) is 6.04 Å². The Hall–Kier alpha value is -1.60. The van der Waals surface area contributed by atoms with E-state index in [4.69, 9.17) is 5.73 Å². The molecule has 0 bridgehead atoms. The summed E-state index contributed by atoms with van der Waals surface area (Å²) in [6.45, 7) is 2.21. The standard InChI is InChI=1S/C18H23N/c1-2-3-9-18(19)14-15-10-12-17(13-11-15)16-7-5-4-6-8-16/h4-8,10-13,18H,2-3,9,14,19H2,1H3. The molecule has 0 aliphatic heterocycles. The molecule has 0 heterocycles. The molecule has 1 nitrogen and oxygen atoms in total.